The lowest BCUT2D eigenvalue weighted by Gasteiger charge is -2.25. The fraction of sp³-hybridized carbons (Fsp3) is 0.733. The van der Waals surface area contributed by atoms with Gasteiger partial charge in [-0.3, -0.25) is 9.48 Å². The Kier molecular flexibility index (Phi) is 5.98. The van der Waals surface area contributed by atoms with Crippen molar-refractivity contribution in [1.82, 2.24) is 14.7 Å². The van der Waals surface area contributed by atoms with Crippen molar-refractivity contribution in [2.75, 3.05) is 13.1 Å². The second kappa shape index (κ2) is 6.92. The van der Waals surface area contributed by atoms with Gasteiger partial charge in [0.2, 0.25) is 0 Å². The van der Waals surface area contributed by atoms with Crippen molar-refractivity contribution in [1.29, 1.82) is 0 Å². The predicted octanol–water partition coefficient (Wildman–Crippen LogP) is 2.89. The van der Waals surface area contributed by atoms with Crippen molar-refractivity contribution in [3.63, 3.8) is 0 Å². The molecule has 2 heterocycles. The lowest BCUT2D eigenvalue weighted by atomic mass is 10.1. The summed E-state index contributed by atoms with van der Waals surface area (Å²) in [4.78, 5) is 14.1. The average Bonchev–Trinajstić information content (AvgIpc) is 3.00. The van der Waals surface area contributed by atoms with Crippen molar-refractivity contribution < 1.29 is 18.0 Å². The largest absolute Gasteiger partial charge is 0.433 e. The molecule has 2 rings (SSSR count). The zero-order chi connectivity index (χ0) is 17.6. The Morgan fingerprint density at radius 2 is 1.96 bits per heavy atom. The number of alkyl halides is 3. The summed E-state index contributed by atoms with van der Waals surface area (Å²) in [5.74, 6) is -0.503. The molecule has 1 aliphatic heterocycles. The third-order valence-corrected chi connectivity index (χ3v) is 4.16. The van der Waals surface area contributed by atoms with Crippen LogP contribution >= 0.6 is 12.4 Å². The van der Waals surface area contributed by atoms with Gasteiger partial charge in [0.25, 0.3) is 5.91 Å². The van der Waals surface area contributed by atoms with E-state index in [4.69, 9.17) is 5.73 Å². The molecule has 24 heavy (non-hydrogen) atoms. The van der Waals surface area contributed by atoms with E-state index in [-0.39, 0.29) is 24.4 Å². The normalized spacial score (nSPS) is 21.8. The first-order chi connectivity index (χ1) is 10.5. The first-order valence-corrected chi connectivity index (χ1v) is 7.63. The van der Waals surface area contributed by atoms with Crippen LogP contribution in [-0.2, 0) is 11.7 Å². The molecule has 0 spiro atoms. The molecule has 1 aromatic rings. The second-order valence-corrected chi connectivity index (χ2v) is 7.13. The van der Waals surface area contributed by atoms with Crippen molar-refractivity contribution in [3.05, 3.63) is 17.5 Å². The highest BCUT2D eigenvalue weighted by Crippen LogP contribution is 2.36. The van der Waals surface area contributed by atoms with E-state index < -0.39 is 28.9 Å². The minimum absolute atomic E-state index is 0. The van der Waals surface area contributed by atoms with E-state index in [1.54, 1.807) is 20.8 Å². The number of carbonyl (C=O) groups is 1. The summed E-state index contributed by atoms with van der Waals surface area (Å²) in [7, 11) is 0. The number of amides is 1. The van der Waals surface area contributed by atoms with Gasteiger partial charge < -0.3 is 10.6 Å². The molecule has 0 aromatic carbocycles. The predicted molar refractivity (Wildman–Crippen MR) is 87.1 cm³/mol. The molecule has 0 bridgehead atoms. The molecule has 5 nitrogen and oxygen atoms in total. The molecular weight excluding hydrogens is 345 g/mol. The first kappa shape index (κ1) is 20.8. The highest BCUT2D eigenvalue weighted by Gasteiger charge is 2.44. The van der Waals surface area contributed by atoms with Crippen LogP contribution in [0.25, 0.3) is 0 Å². The molecule has 2 atom stereocenters. The van der Waals surface area contributed by atoms with Crippen LogP contribution in [0.5, 0.6) is 0 Å². The summed E-state index contributed by atoms with van der Waals surface area (Å²) in [6, 6.07) is -0.130. The maximum absolute atomic E-state index is 13.5. The average molecular weight is 369 g/mol. The highest BCUT2D eigenvalue weighted by atomic mass is 35.5. The van der Waals surface area contributed by atoms with Gasteiger partial charge in [0.1, 0.15) is 0 Å². The Morgan fingerprint density at radius 3 is 2.38 bits per heavy atom. The molecule has 2 N–H and O–H groups in total. The maximum atomic E-state index is 13.5. The van der Waals surface area contributed by atoms with Crippen LogP contribution in [0.4, 0.5) is 13.2 Å². The molecular formula is C15H24ClF3N4O. The number of aromatic nitrogens is 2. The fourth-order valence-corrected chi connectivity index (χ4v) is 3.04. The summed E-state index contributed by atoms with van der Waals surface area (Å²) in [6.07, 6.45) is -2.92. The molecule has 1 saturated heterocycles. The van der Waals surface area contributed by atoms with Gasteiger partial charge >= 0.3 is 6.18 Å². The van der Waals surface area contributed by atoms with Crippen LogP contribution < -0.4 is 5.73 Å². The molecule has 1 aromatic heterocycles. The Bertz CT molecular complexity index is 595. The monoisotopic (exact) mass is 368 g/mol. The third-order valence-electron chi connectivity index (χ3n) is 4.16. The molecule has 1 amide bonds. The van der Waals surface area contributed by atoms with Crippen LogP contribution in [0.1, 0.15) is 50.2 Å². The van der Waals surface area contributed by atoms with Gasteiger partial charge in [-0.15, -0.1) is 12.4 Å². The number of nitrogens with zero attached hydrogens (tertiary/aromatic N) is 3. The van der Waals surface area contributed by atoms with E-state index in [9.17, 15) is 18.0 Å². The number of hydrogen-bond acceptors (Lipinski definition) is 3. The summed E-state index contributed by atoms with van der Waals surface area (Å²) < 4.78 is 41.4. The third kappa shape index (κ3) is 3.85. The molecule has 0 aliphatic carbocycles. The van der Waals surface area contributed by atoms with Crippen molar-refractivity contribution in [2.45, 2.75) is 51.9 Å². The minimum Gasteiger partial charge on any atom is -0.335 e. The molecule has 0 saturated carbocycles. The maximum Gasteiger partial charge on any atom is 0.433 e. The molecule has 138 valence electrons. The number of rotatable bonds is 2. The summed E-state index contributed by atoms with van der Waals surface area (Å²) in [5, 5.41) is 3.84. The Labute approximate surface area is 145 Å². The Balaban J connectivity index is 0.00000288. The van der Waals surface area contributed by atoms with Crippen molar-refractivity contribution >= 4 is 18.3 Å². The SMILES string of the molecule is CC1CC(CN)CN1C(=O)c1cnn(C(C)(C)C)c1C(F)(F)F.Cl. The topological polar surface area (TPSA) is 64.2 Å². The van der Waals surface area contributed by atoms with Gasteiger partial charge in [0.15, 0.2) is 5.69 Å². The van der Waals surface area contributed by atoms with Crippen molar-refractivity contribution in [3.8, 4) is 0 Å². The molecule has 0 radical (unpaired) electrons. The number of carbonyl (C=O) groups excluding carboxylic acids is 1. The van der Waals surface area contributed by atoms with Gasteiger partial charge in [0.05, 0.1) is 17.3 Å². The standard InChI is InChI=1S/C15H23F3N4O.ClH/c1-9-5-10(6-19)8-21(9)13(23)11-7-20-22(14(2,3)4)12(11)15(16,17)18;/h7,9-10H,5-6,8,19H2,1-4H3;1H. The lowest BCUT2D eigenvalue weighted by molar-refractivity contribution is -0.146. The van der Waals surface area contributed by atoms with Crippen molar-refractivity contribution in [2.24, 2.45) is 11.7 Å². The van der Waals surface area contributed by atoms with Crippen LogP contribution in [-0.4, -0.2) is 39.7 Å². The zero-order valence-corrected chi connectivity index (χ0v) is 15.0. The summed E-state index contributed by atoms with van der Waals surface area (Å²) >= 11 is 0. The van der Waals surface area contributed by atoms with Gasteiger partial charge in [0, 0.05) is 12.6 Å². The van der Waals surface area contributed by atoms with E-state index in [0.29, 0.717) is 19.5 Å². The lowest BCUT2D eigenvalue weighted by Crippen LogP contribution is -2.36. The number of hydrogen-bond donors (Lipinski definition) is 1. The van der Waals surface area contributed by atoms with E-state index in [1.165, 1.54) is 4.90 Å². The van der Waals surface area contributed by atoms with Gasteiger partial charge in [-0.25, -0.2) is 0 Å². The van der Waals surface area contributed by atoms with E-state index >= 15 is 0 Å². The van der Waals surface area contributed by atoms with Gasteiger partial charge in [-0.1, -0.05) is 0 Å². The zero-order valence-electron chi connectivity index (χ0n) is 14.2. The van der Waals surface area contributed by atoms with Gasteiger partial charge in [-0.05, 0) is 46.6 Å². The highest BCUT2D eigenvalue weighted by molar-refractivity contribution is 5.95. The van der Waals surface area contributed by atoms with E-state index in [1.807, 2.05) is 6.92 Å². The smallest absolute Gasteiger partial charge is 0.335 e. The van der Waals surface area contributed by atoms with Crippen LogP contribution in [0.2, 0.25) is 0 Å². The molecule has 1 fully saturated rings. The Morgan fingerprint density at radius 1 is 1.38 bits per heavy atom. The summed E-state index contributed by atoms with van der Waals surface area (Å²) in [5.41, 5.74) is 3.37. The Hall–Kier alpha value is -1.28. The van der Waals surface area contributed by atoms with Crippen LogP contribution in [0.3, 0.4) is 0 Å². The van der Waals surface area contributed by atoms with E-state index in [2.05, 4.69) is 5.10 Å². The molecule has 1 aliphatic rings. The first-order valence-electron chi connectivity index (χ1n) is 7.63. The minimum atomic E-state index is -4.65. The number of likely N-dealkylation sites (tertiary alicyclic amines) is 1. The molecule has 9 heteroatoms. The van der Waals surface area contributed by atoms with Gasteiger partial charge in [-0.2, -0.15) is 18.3 Å². The second-order valence-electron chi connectivity index (χ2n) is 7.13. The quantitative estimate of drug-likeness (QED) is 0.873. The van der Waals surface area contributed by atoms with E-state index in [0.717, 1.165) is 10.9 Å². The summed E-state index contributed by atoms with van der Waals surface area (Å²) in [6.45, 7) is 7.48. The fourth-order valence-electron chi connectivity index (χ4n) is 3.04. The number of halogens is 4. The van der Waals surface area contributed by atoms with Crippen LogP contribution in [0, 0.1) is 5.92 Å². The molecule has 2 unspecified atom stereocenters. The van der Waals surface area contributed by atoms with Crippen LogP contribution in [0.15, 0.2) is 6.20 Å². The number of nitrogens with two attached hydrogens (primary N) is 1.